The maximum atomic E-state index is 14.8. The van der Waals surface area contributed by atoms with Crippen LogP contribution in [0, 0.1) is 11.6 Å². The van der Waals surface area contributed by atoms with E-state index < -0.39 is 48.5 Å². The number of anilines is 1. The van der Waals surface area contributed by atoms with Crippen molar-refractivity contribution in [3.05, 3.63) is 64.9 Å². The molecule has 0 bridgehead atoms. The van der Waals surface area contributed by atoms with E-state index in [1.165, 1.54) is 28.8 Å². The van der Waals surface area contributed by atoms with Crippen LogP contribution < -0.4 is 16.4 Å². The van der Waals surface area contributed by atoms with Gasteiger partial charge in [0, 0.05) is 17.8 Å². The fourth-order valence-corrected chi connectivity index (χ4v) is 4.09. The lowest BCUT2D eigenvalue weighted by atomic mass is 10.1. The lowest BCUT2D eigenvalue weighted by Crippen LogP contribution is -2.25. The van der Waals surface area contributed by atoms with Gasteiger partial charge >= 0.3 is 13.6 Å². The van der Waals surface area contributed by atoms with Crippen molar-refractivity contribution >= 4 is 47.5 Å². The minimum absolute atomic E-state index is 0.0123. The molecule has 0 atom stereocenters. The zero-order chi connectivity index (χ0) is 28.2. The summed E-state index contributed by atoms with van der Waals surface area (Å²) in [6.45, 7) is 4.82. The topological polar surface area (TPSA) is 169 Å². The van der Waals surface area contributed by atoms with Crippen molar-refractivity contribution in [2.24, 2.45) is 10.7 Å². The van der Waals surface area contributed by atoms with Crippen LogP contribution in [-0.2, 0) is 20.6 Å². The van der Waals surface area contributed by atoms with E-state index in [2.05, 4.69) is 15.3 Å². The molecule has 0 spiro atoms. The number of hydrogen-bond acceptors (Lipinski definition) is 7. The minimum Gasteiger partial charge on any atom is -0.462 e. The zero-order valence-electron chi connectivity index (χ0n) is 20.7. The Balaban J connectivity index is 2.15. The Morgan fingerprint density at radius 3 is 2.42 bits per heavy atom. The molecule has 1 aromatic heterocycles. The number of rotatable bonds is 9. The number of nitrogens with one attached hydrogen (secondary N) is 1. The number of nitrogens with zero attached hydrogens (tertiary/aromatic N) is 3. The SMILES string of the molecule is CCN=C(C=C(C)N)C(=O)Nc1nc2cc(C(=O)OCC)ccc2n1Cc1c(F)cc(P(=O)(O)O)cc1F. The van der Waals surface area contributed by atoms with E-state index in [1.807, 2.05) is 0 Å². The third-order valence-corrected chi connectivity index (χ3v) is 6.12. The maximum absolute atomic E-state index is 14.8. The molecule has 0 aliphatic rings. The van der Waals surface area contributed by atoms with Gasteiger partial charge in [-0.25, -0.2) is 18.6 Å². The highest BCUT2D eigenvalue weighted by molar-refractivity contribution is 7.60. The van der Waals surface area contributed by atoms with Crippen molar-refractivity contribution in [3.63, 3.8) is 0 Å². The molecule has 1 heterocycles. The first-order valence-electron chi connectivity index (χ1n) is 11.4. The smallest absolute Gasteiger partial charge is 0.356 e. The van der Waals surface area contributed by atoms with Crippen LogP contribution >= 0.6 is 7.60 Å². The van der Waals surface area contributed by atoms with Crippen molar-refractivity contribution in [2.45, 2.75) is 27.3 Å². The monoisotopic (exact) mass is 549 g/mol. The summed E-state index contributed by atoms with van der Waals surface area (Å²) in [6, 6.07) is 5.40. The highest BCUT2D eigenvalue weighted by Gasteiger charge is 2.24. The fourth-order valence-electron chi connectivity index (χ4n) is 3.53. The first-order valence-corrected chi connectivity index (χ1v) is 13.0. The molecular weight excluding hydrogens is 523 g/mol. The van der Waals surface area contributed by atoms with Crippen LogP contribution in [0.4, 0.5) is 14.7 Å². The Morgan fingerprint density at radius 2 is 1.87 bits per heavy atom. The number of nitrogens with two attached hydrogens (primary N) is 1. The Labute approximate surface area is 216 Å². The second-order valence-electron chi connectivity index (χ2n) is 8.08. The number of imidazole rings is 1. The summed E-state index contributed by atoms with van der Waals surface area (Å²) in [5.41, 5.74) is 6.13. The largest absolute Gasteiger partial charge is 0.462 e. The molecule has 14 heteroatoms. The molecule has 11 nitrogen and oxygen atoms in total. The number of carbonyl (C=O) groups excluding carboxylic acids is 2. The van der Waals surface area contributed by atoms with Crippen LogP contribution in [0.3, 0.4) is 0 Å². The van der Waals surface area contributed by atoms with Gasteiger partial charge in [-0.1, -0.05) is 0 Å². The van der Waals surface area contributed by atoms with E-state index >= 15 is 0 Å². The van der Waals surface area contributed by atoms with Crippen molar-refractivity contribution in [2.75, 3.05) is 18.5 Å². The molecule has 2 aromatic carbocycles. The summed E-state index contributed by atoms with van der Waals surface area (Å²) >= 11 is 0. The number of ether oxygens (including phenoxy) is 1. The van der Waals surface area contributed by atoms with Gasteiger partial charge in [0.1, 0.15) is 17.3 Å². The summed E-state index contributed by atoms with van der Waals surface area (Å²) in [5.74, 6) is -3.85. The van der Waals surface area contributed by atoms with Crippen molar-refractivity contribution < 1.29 is 37.5 Å². The first-order chi connectivity index (χ1) is 17.8. The van der Waals surface area contributed by atoms with Gasteiger partial charge < -0.3 is 24.8 Å². The predicted molar refractivity (Wildman–Crippen MR) is 137 cm³/mol. The average molecular weight is 549 g/mol. The molecule has 5 N–H and O–H groups in total. The van der Waals surface area contributed by atoms with Crippen molar-refractivity contribution in [1.82, 2.24) is 9.55 Å². The highest BCUT2D eigenvalue weighted by atomic mass is 31.2. The molecule has 3 aromatic rings. The number of fused-ring (bicyclic) bond motifs is 1. The number of halogens is 2. The molecule has 0 saturated heterocycles. The minimum atomic E-state index is -4.91. The molecule has 0 unspecified atom stereocenters. The first kappa shape index (κ1) is 28.6. The van der Waals surface area contributed by atoms with Gasteiger partial charge in [-0.3, -0.25) is 19.7 Å². The molecule has 38 heavy (non-hydrogen) atoms. The third kappa shape index (κ3) is 6.49. The summed E-state index contributed by atoms with van der Waals surface area (Å²) in [4.78, 5) is 52.2. The zero-order valence-corrected chi connectivity index (χ0v) is 21.6. The van der Waals surface area contributed by atoms with Gasteiger partial charge in [0.15, 0.2) is 0 Å². The quantitative estimate of drug-likeness (QED) is 0.179. The number of esters is 1. The summed E-state index contributed by atoms with van der Waals surface area (Å²) in [5, 5.41) is 1.74. The van der Waals surface area contributed by atoms with Gasteiger partial charge in [0.25, 0.3) is 5.91 Å². The molecule has 0 saturated carbocycles. The second-order valence-corrected chi connectivity index (χ2v) is 9.68. The molecule has 0 aliphatic carbocycles. The van der Waals surface area contributed by atoms with Crippen molar-refractivity contribution in [3.8, 4) is 0 Å². The number of allylic oxidation sites excluding steroid dienone is 1. The van der Waals surface area contributed by atoms with E-state index in [9.17, 15) is 32.7 Å². The molecule has 202 valence electrons. The molecule has 1 amide bonds. The Morgan fingerprint density at radius 1 is 1.21 bits per heavy atom. The van der Waals surface area contributed by atoms with E-state index in [-0.39, 0.29) is 35.9 Å². The standard InChI is InChI=1S/C24H26F2N5O6P/c1-4-28-20(8-13(3)27)22(32)30-24-29-19-9-14(23(33)37-5-2)6-7-21(19)31(24)12-16-17(25)10-15(11-18(16)26)38(34,35)36/h6-11H,4-5,12,27H2,1-3H3,(H,29,30,32)(H2,34,35,36). The van der Waals surface area contributed by atoms with Crippen molar-refractivity contribution in [1.29, 1.82) is 0 Å². The van der Waals surface area contributed by atoms with Crippen LogP contribution in [0.2, 0.25) is 0 Å². The Bertz CT molecular complexity index is 1480. The molecule has 3 rings (SSSR count). The molecular formula is C24H26F2N5O6P. The second kappa shape index (κ2) is 11.6. The van der Waals surface area contributed by atoms with E-state index in [0.29, 0.717) is 23.3 Å². The summed E-state index contributed by atoms with van der Waals surface area (Å²) in [6.07, 6.45) is 1.35. The van der Waals surface area contributed by atoms with E-state index in [1.54, 1.807) is 20.8 Å². The Kier molecular flexibility index (Phi) is 8.77. The van der Waals surface area contributed by atoms with Gasteiger partial charge in [0.2, 0.25) is 5.95 Å². The lowest BCUT2D eigenvalue weighted by molar-refractivity contribution is -0.110. The van der Waals surface area contributed by atoms with E-state index in [4.69, 9.17) is 10.5 Å². The maximum Gasteiger partial charge on any atom is 0.356 e. The van der Waals surface area contributed by atoms with Crippen LogP contribution in [0.1, 0.15) is 36.7 Å². The van der Waals surface area contributed by atoms with Crippen LogP contribution in [0.15, 0.2) is 47.1 Å². The number of amides is 1. The molecule has 0 radical (unpaired) electrons. The molecule has 0 fully saturated rings. The summed E-state index contributed by atoms with van der Waals surface area (Å²) < 4.78 is 47.5. The van der Waals surface area contributed by atoms with Gasteiger partial charge in [-0.05, 0) is 57.2 Å². The Hall–Kier alpha value is -3.93. The van der Waals surface area contributed by atoms with Crippen LogP contribution in [0.25, 0.3) is 11.0 Å². The van der Waals surface area contributed by atoms with Crippen LogP contribution in [0.5, 0.6) is 0 Å². The number of benzene rings is 2. The number of aliphatic imine (C=N–C) groups is 1. The fraction of sp³-hybridized carbons (Fsp3) is 0.250. The number of carbonyl (C=O) groups is 2. The lowest BCUT2D eigenvalue weighted by Gasteiger charge is -2.13. The average Bonchev–Trinajstić information content (AvgIpc) is 3.16. The molecule has 0 aliphatic heterocycles. The van der Waals surface area contributed by atoms with Gasteiger partial charge in [0.05, 0.1) is 35.1 Å². The van der Waals surface area contributed by atoms with Crippen LogP contribution in [-0.4, -0.2) is 50.1 Å². The normalized spacial score (nSPS) is 12.6. The number of hydrogen-bond donors (Lipinski definition) is 4. The number of aromatic nitrogens is 2. The van der Waals surface area contributed by atoms with E-state index in [0.717, 1.165) is 0 Å². The third-order valence-electron chi connectivity index (χ3n) is 5.19. The van der Waals surface area contributed by atoms with Gasteiger partial charge in [-0.2, -0.15) is 0 Å². The summed E-state index contributed by atoms with van der Waals surface area (Å²) in [7, 11) is -4.91. The predicted octanol–water partition coefficient (Wildman–Crippen LogP) is 2.60. The highest BCUT2D eigenvalue weighted by Crippen LogP contribution is 2.34. The van der Waals surface area contributed by atoms with Gasteiger partial charge in [-0.15, -0.1) is 0 Å².